The third-order valence-electron chi connectivity index (χ3n) is 4.12. The second kappa shape index (κ2) is 9.19. The van der Waals surface area contributed by atoms with Gasteiger partial charge in [-0.25, -0.2) is 9.78 Å². The smallest absolute Gasteiger partial charge is 0.359 e. The summed E-state index contributed by atoms with van der Waals surface area (Å²) >= 11 is 1.54. The zero-order chi connectivity index (χ0) is 20.8. The number of nitrogens with one attached hydrogen (secondary N) is 1. The van der Waals surface area contributed by atoms with Crippen LogP contribution in [-0.4, -0.2) is 28.5 Å². The number of rotatable bonds is 6. The Morgan fingerprint density at radius 1 is 0.867 bits per heavy atom. The molecule has 0 bridgehead atoms. The van der Waals surface area contributed by atoms with Crippen LogP contribution in [0.5, 0.6) is 0 Å². The summed E-state index contributed by atoms with van der Waals surface area (Å²) in [7, 11) is 0. The van der Waals surface area contributed by atoms with E-state index >= 15 is 0 Å². The molecule has 4 rings (SSSR count). The first-order valence-corrected chi connectivity index (χ1v) is 10.0. The van der Waals surface area contributed by atoms with E-state index < -0.39 is 18.5 Å². The Morgan fingerprint density at radius 3 is 2.40 bits per heavy atom. The van der Waals surface area contributed by atoms with Gasteiger partial charge in [-0.1, -0.05) is 54.2 Å². The molecule has 3 aromatic carbocycles. The van der Waals surface area contributed by atoms with E-state index in [9.17, 15) is 9.59 Å². The third-order valence-corrected chi connectivity index (χ3v) is 5.21. The molecule has 0 saturated heterocycles. The van der Waals surface area contributed by atoms with Crippen LogP contribution in [0.1, 0.15) is 10.5 Å². The highest BCUT2D eigenvalue weighted by Crippen LogP contribution is 2.33. The van der Waals surface area contributed by atoms with Crippen LogP contribution in [0.4, 0.5) is 5.69 Å². The standard InChI is InChI=1S/C23H17N3O3S/c27-22(15-29-23(28)20-14-24-17-10-4-5-11-18(17)25-20)26-19-12-6-7-13-21(19)30-16-8-2-1-3-9-16/h1-14H,15H2,(H,26,27). The maximum atomic E-state index is 12.3. The molecule has 0 saturated carbocycles. The summed E-state index contributed by atoms with van der Waals surface area (Å²) < 4.78 is 5.11. The number of fused-ring (bicyclic) bond motifs is 1. The Hall–Kier alpha value is -3.71. The van der Waals surface area contributed by atoms with Crippen molar-refractivity contribution >= 4 is 40.4 Å². The largest absolute Gasteiger partial charge is 0.451 e. The minimum atomic E-state index is -0.699. The van der Waals surface area contributed by atoms with Crippen LogP contribution in [0.3, 0.4) is 0 Å². The number of esters is 1. The van der Waals surface area contributed by atoms with Crippen LogP contribution in [0.25, 0.3) is 11.0 Å². The van der Waals surface area contributed by atoms with Crippen LogP contribution in [0.15, 0.2) is 94.9 Å². The molecule has 1 amide bonds. The quantitative estimate of drug-likeness (QED) is 0.465. The second-order valence-electron chi connectivity index (χ2n) is 6.28. The van der Waals surface area contributed by atoms with E-state index in [4.69, 9.17) is 4.74 Å². The van der Waals surface area contributed by atoms with Crippen LogP contribution in [-0.2, 0) is 9.53 Å². The van der Waals surface area contributed by atoms with Gasteiger partial charge in [0.2, 0.25) is 0 Å². The van der Waals surface area contributed by atoms with E-state index in [-0.39, 0.29) is 5.69 Å². The van der Waals surface area contributed by atoms with E-state index in [1.54, 1.807) is 18.2 Å². The fraction of sp³-hybridized carbons (Fsp3) is 0.0435. The summed E-state index contributed by atoms with van der Waals surface area (Å²) in [4.78, 5) is 34.9. The predicted molar refractivity (Wildman–Crippen MR) is 115 cm³/mol. The molecule has 1 N–H and O–H groups in total. The Bertz CT molecular complexity index is 1200. The van der Waals surface area contributed by atoms with Gasteiger partial charge in [0.15, 0.2) is 12.3 Å². The van der Waals surface area contributed by atoms with Crippen LogP contribution >= 0.6 is 11.8 Å². The molecule has 1 heterocycles. The number of carbonyl (C=O) groups excluding carboxylic acids is 2. The molecule has 0 aliphatic heterocycles. The minimum absolute atomic E-state index is 0.0570. The lowest BCUT2D eigenvalue weighted by molar-refractivity contribution is -0.119. The summed E-state index contributed by atoms with van der Waals surface area (Å²) in [6.45, 7) is -0.419. The van der Waals surface area contributed by atoms with Crippen molar-refractivity contribution in [2.24, 2.45) is 0 Å². The number of benzene rings is 3. The van der Waals surface area contributed by atoms with Gasteiger partial charge in [0.25, 0.3) is 5.91 Å². The predicted octanol–water partition coefficient (Wildman–Crippen LogP) is 4.58. The summed E-state index contributed by atoms with van der Waals surface area (Å²) in [5.74, 6) is -1.13. The van der Waals surface area contributed by atoms with Crippen molar-refractivity contribution < 1.29 is 14.3 Å². The molecule has 7 heteroatoms. The number of carbonyl (C=O) groups is 2. The van der Waals surface area contributed by atoms with Crippen molar-refractivity contribution in [2.45, 2.75) is 9.79 Å². The van der Waals surface area contributed by atoms with Gasteiger partial charge in [0, 0.05) is 9.79 Å². The molecule has 0 atom stereocenters. The fourth-order valence-electron chi connectivity index (χ4n) is 2.72. The Balaban J connectivity index is 1.38. The Kier molecular flexibility index (Phi) is 6.01. The molecule has 0 aliphatic rings. The zero-order valence-corrected chi connectivity index (χ0v) is 16.6. The molecule has 0 spiro atoms. The SMILES string of the molecule is O=C(COC(=O)c1cnc2ccccc2n1)Nc1ccccc1Sc1ccccc1. The number of nitrogens with zero attached hydrogens (tertiary/aromatic N) is 2. The van der Waals surface area contributed by atoms with Gasteiger partial charge in [-0.15, -0.1) is 0 Å². The maximum Gasteiger partial charge on any atom is 0.359 e. The highest BCUT2D eigenvalue weighted by atomic mass is 32.2. The van der Waals surface area contributed by atoms with Gasteiger partial charge in [-0.05, 0) is 36.4 Å². The monoisotopic (exact) mass is 415 g/mol. The molecular weight excluding hydrogens is 398 g/mol. The fourth-order valence-corrected chi connectivity index (χ4v) is 3.64. The minimum Gasteiger partial charge on any atom is -0.451 e. The highest BCUT2D eigenvalue weighted by Gasteiger charge is 2.14. The molecule has 0 aliphatic carbocycles. The number of hydrogen-bond donors (Lipinski definition) is 1. The van der Waals surface area contributed by atoms with Gasteiger partial charge < -0.3 is 10.1 Å². The first-order chi connectivity index (χ1) is 14.7. The normalized spacial score (nSPS) is 10.5. The lowest BCUT2D eigenvalue weighted by atomic mass is 10.3. The van der Waals surface area contributed by atoms with E-state index in [0.717, 1.165) is 9.79 Å². The van der Waals surface area contributed by atoms with E-state index in [2.05, 4.69) is 15.3 Å². The Morgan fingerprint density at radius 2 is 1.57 bits per heavy atom. The van der Waals surface area contributed by atoms with Gasteiger partial charge >= 0.3 is 5.97 Å². The van der Waals surface area contributed by atoms with Crippen LogP contribution in [0, 0.1) is 0 Å². The van der Waals surface area contributed by atoms with Gasteiger partial charge in [0.1, 0.15) is 0 Å². The van der Waals surface area contributed by atoms with Crippen molar-refractivity contribution in [3.8, 4) is 0 Å². The zero-order valence-electron chi connectivity index (χ0n) is 15.8. The highest BCUT2D eigenvalue weighted by molar-refractivity contribution is 7.99. The number of anilines is 1. The topological polar surface area (TPSA) is 81.2 Å². The molecular formula is C23H17N3O3S. The molecule has 4 aromatic rings. The second-order valence-corrected chi connectivity index (χ2v) is 7.39. The summed E-state index contributed by atoms with van der Waals surface area (Å²) in [5.41, 5.74) is 1.97. The maximum absolute atomic E-state index is 12.3. The number of hydrogen-bond acceptors (Lipinski definition) is 6. The van der Waals surface area contributed by atoms with Gasteiger partial charge in [-0.3, -0.25) is 9.78 Å². The van der Waals surface area contributed by atoms with E-state index in [0.29, 0.717) is 16.7 Å². The molecule has 0 unspecified atom stereocenters. The first kappa shape index (κ1) is 19.6. The molecule has 0 radical (unpaired) electrons. The van der Waals surface area contributed by atoms with Gasteiger partial charge in [0.05, 0.1) is 22.9 Å². The molecule has 148 valence electrons. The summed E-state index contributed by atoms with van der Waals surface area (Å²) in [6.07, 6.45) is 1.34. The van der Waals surface area contributed by atoms with Gasteiger partial charge in [-0.2, -0.15) is 0 Å². The average molecular weight is 415 g/mol. The van der Waals surface area contributed by atoms with Crippen molar-refractivity contribution in [1.82, 2.24) is 9.97 Å². The van der Waals surface area contributed by atoms with E-state index in [1.807, 2.05) is 60.7 Å². The number of aromatic nitrogens is 2. The van der Waals surface area contributed by atoms with Crippen molar-refractivity contribution in [2.75, 3.05) is 11.9 Å². The number of ether oxygens (including phenoxy) is 1. The lowest BCUT2D eigenvalue weighted by Gasteiger charge is -2.11. The molecule has 0 fully saturated rings. The first-order valence-electron chi connectivity index (χ1n) is 9.20. The summed E-state index contributed by atoms with van der Waals surface area (Å²) in [5, 5.41) is 2.79. The van der Waals surface area contributed by atoms with E-state index in [1.165, 1.54) is 18.0 Å². The van der Waals surface area contributed by atoms with Crippen LogP contribution < -0.4 is 5.32 Å². The molecule has 6 nitrogen and oxygen atoms in total. The van der Waals surface area contributed by atoms with Crippen LogP contribution in [0.2, 0.25) is 0 Å². The van der Waals surface area contributed by atoms with Crippen molar-refractivity contribution in [1.29, 1.82) is 0 Å². The lowest BCUT2D eigenvalue weighted by Crippen LogP contribution is -2.21. The molecule has 1 aromatic heterocycles. The van der Waals surface area contributed by atoms with Crippen molar-refractivity contribution in [3.05, 3.63) is 90.8 Å². The summed E-state index contributed by atoms with van der Waals surface area (Å²) in [6, 6.07) is 24.5. The average Bonchev–Trinajstić information content (AvgIpc) is 2.79. The Labute approximate surface area is 177 Å². The molecule has 30 heavy (non-hydrogen) atoms. The number of para-hydroxylation sites is 3. The third kappa shape index (κ3) is 4.82. The number of amides is 1. The van der Waals surface area contributed by atoms with Crippen molar-refractivity contribution in [3.63, 3.8) is 0 Å².